The number of morpholine rings is 1. The lowest BCUT2D eigenvalue weighted by atomic mass is 9.96. The van der Waals surface area contributed by atoms with Crippen LogP contribution in [0.5, 0.6) is 0 Å². The Labute approximate surface area is 165 Å². The Balaban J connectivity index is 1.68. The maximum atomic E-state index is 13.4. The highest BCUT2D eigenvalue weighted by molar-refractivity contribution is 5.94. The van der Waals surface area contributed by atoms with Crippen LogP contribution >= 0.6 is 0 Å². The van der Waals surface area contributed by atoms with Gasteiger partial charge in [0.2, 0.25) is 0 Å². The van der Waals surface area contributed by atoms with E-state index in [0.717, 1.165) is 25.2 Å². The van der Waals surface area contributed by atoms with Crippen molar-refractivity contribution < 1.29 is 9.53 Å². The molecule has 6 heteroatoms. The van der Waals surface area contributed by atoms with Gasteiger partial charge in [-0.15, -0.1) is 0 Å². The minimum atomic E-state index is -0.262. The number of likely N-dealkylation sites (tertiary alicyclic amines) is 1. The molecule has 2 aliphatic heterocycles. The molecule has 4 rings (SSSR count). The highest BCUT2D eigenvalue weighted by Gasteiger charge is 2.38. The average molecular weight is 381 g/mol. The summed E-state index contributed by atoms with van der Waals surface area (Å²) in [6.07, 6.45) is 3.99. The second-order valence-electron chi connectivity index (χ2n) is 7.61. The SMILES string of the molecule is Cn1cccc(C(=O)N2CCO[C@@H](CN3CCCC3)[C@@H]2c2ccccc2)c1=O. The summed E-state index contributed by atoms with van der Waals surface area (Å²) in [5.41, 5.74) is 1.00. The van der Waals surface area contributed by atoms with Crippen LogP contribution in [0.4, 0.5) is 0 Å². The molecular formula is C22H27N3O3. The van der Waals surface area contributed by atoms with Crippen LogP contribution in [0.3, 0.4) is 0 Å². The summed E-state index contributed by atoms with van der Waals surface area (Å²) < 4.78 is 7.61. The zero-order chi connectivity index (χ0) is 19.5. The van der Waals surface area contributed by atoms with Gasteiger partial charge >= 0.3 is 0 Å². The second kappa shape index (κ2) is 8.29. The molecule has 28 heavy (non-hydrogen) atoms. The number of nitrogens with zero attached hydrogens (tertiary/aromatic N) is 3. The van der Waals surface area contributed by atoms with Crippen LogP contribution in [-0.2, 0) is 11.8 Å². The molecule has 0 N–H and O–H groups in total. The van der Waals surface area contributed by atoms with Gasteiger partial charge in [0.25, 0.3) is 11.5 Å². The summed E-state index contributed by atoms with van der Waals surface area (Å²) in [7, 11) is 1.67. The zero-order valence-electron chi connectivity index (χ0n) is 16.3. The molecule has 0 bridgehead atoms. The van der Waals surface area contributed by atoms with Crippen LogP contribution in [-0.4, -0.2) is 59.2 Å². The Morgan fingerprint density at radius 2 is 1.82 bits per heavy atom. The Bertz CT molecular complexity index is 874. The molecule has 1 aromatic carbocycles. The van der Waals surface area contributed by atoms with E-state index in [1.807, 2.05) is 35.2 Å². The number of hydrogen-bond acceptors (Lipinski definition) is 4. The van der Waals surface area contributed by atoms with E-state index in [-0.39, 0.29) is 29.2 Å². The fourth-order valence-electron chi connectivity index (χ4n) is 4.29. The Morgan fingerprint density at radius 1 is 1.07 bits per heavy atom. The molecule has 0 spiro atoms. The molecule has 0 radical (unpaired) electrons. The molecule has 2 aliphatic rings. The average Bonchev–Trinajstić information content (AvgIpc) is 3.23. The van der Waals surface area contributed by atoms with Crippen molar-refractivity contribution in [1.29, 1.82) is 0 Å². The number of ether oxygens (including phenoxy) is 1. The van der Waals surface area contributed by atoms with Crippen molar-refractivity contribution in [2.24, 2.45) is 7.05 Å². The van der Waals surface area contributed by atoms with Crippen LogP contribution in [0.2, 0.25) is 0 Å². The molecule has 1 amide bonds. The molecule has 0 aliphatic carbocycles. The molecule has 1 aromatic heterocycles. The molecular weight excluding hydrogens is 354 g/mol. The molecule has 6 nitrogen and oxygen atoms in total. The standard InChI is InChI=1S/C22H27N3O3/c1-23-11-7-10-18(21(23)26)22(27)25-14-15-28-19(16-24-12-5-6-13-24)20(25)17-8-3-2-4-9-17/h2-4,7-11,19-20H,5-6,12-16H2,1H3/t19-,20-/m0/s1. The number of amides is 1. The number of hydrogen-bond donors (Lipinski definition) is 0. The second-order valence-corrected chi connectivity index (χ2v) is 7.61. The lowest BCUT2D eigenvalue weighted by molar-refractivity contribution is -0.0707. The lowest BCUT2D eigenvalue weighted by Gasteiger charge is -2.42. The van der Waals surface area contributed by atoms with Gasteiger partial charge in [-0.25, -0.2) is 0 Å². The van der Waals surface area contributed by atoms with Crippen molar-refractivity contribution in [2.45, 2.75) is 25.0 Å². The normalized spacial score (nSPS) is 23.1. The topological polar surface area (TPSA) is 54.8 Å². The Kier molecular flexibility index (Phi) is 5.59. The van der Waals surface area contributed by atoms with E-state index >= 15 is 0 Å². The van der Waals surface area contributed by atoms with Crippen LogP contribution in [0.25, 0.3) is 0 Å². The van der Waals surface area contributed by atoms with Crippen molar-refractivity contribution in [3.05, 3.63) is 70.1 Å². The molecule has 2 aromatic rings. The van der Waals surface area contributed by atoms with Gasteiger partial charge in [0.15, 0.2) is 0 Å². The third-order valence-electron chi connectivity index (χ3n) is 5.74. The number of carbonyl (C=O) groups is 1. The van der Waals surface area contributed by atoms with Crippen molar-refractivity contribution in [3.8, 4) is 0 Å². The molecule has 148 valence electrons. The van der Waals surface area contributed by atoms with Crippen molar-refractivity contribution >= 4 is 5.91 Å². The first kappa shape index (κ1) is 18.9. The maximum absolute atomic E-state index is 13.4. The highest BCUT2D eigenvalue weighted by Crippen LogP contribution is 2.31. The van der Waals surface area contributed by atoms with Crippen LogP contribution in [0.15, 0.2) is 53.5 Å². The number of carbonyl (C=O) groups excluding carboxylic acids is 1. The molecule has 0 saturated carbocycles. The van der Waals surface area contributed by atoms with Crippen molar-refractivity contribution in [2.75, 3.05) is 32.8 Å². The van der Waals surface area contributed by atoms with Crippen molar-refractivity contribution in [1.82, 2.24) is 14.4 Å². The fraction of sp³-hybridized carbons (Fsp3) is 0.455. The summed E-state index contributed by atoms with van der Waals surface area (Å²) in [4.78, 5) is 30.2. The molecule has 2 atom stereocenters. The van der Waals surface area contributed by atoms with E-state index in [2.05, 4.69) is 4.90 Å². The van der Waals surface area contributed by atoms with E-state index < -0.39 is 0 Å². The van der Waals surface area contributed by atoms with Gasteiger partial charge in [0.05, 0.1) is 18.8 Å². The number of aromatic nitrogens is 1. The fourth-order valence-corrected chi connectivity index (χ4v) is 4.29. The third-order valence-corrected chi connectivity index (χ3v) is 5.74. The van der Waals surface area contributed by atoms with E-state index in [9.17, 15) is 9.59 Å². The van der Waals surface area contributed by atoms with Gasteiger partial charge in [0, 0.05) is 26.3 Å². The Hall–Kier alpha value is -2.44. The number of pyridine rings is 1. The molecule has 2 fully saturated rings. The van der Waals surface area contributed by atoms with Crippen LogP contribution < -0.4 is 5.56 Å². The quantitative estimate of drug-likeness (QED) is 0.814. The monoisotopic (exact) mass is 381 g/mol. The first-order chi connectivity index (χ1) is 13.6. The summed E-state index contributed by atoms with van der Waals surface area (Å²) in [5, 5.41) is 0. The van der Waals surface area contributed by atoms with Gasteiger partial charge in [-0.3, -0.25) is 9.59 Å². The first-order valence-electron chi connectivity index (χ1n) is 10.0. The number of rotatable bonds is 4. The lowest BCUT2D eigenvalue weighted by Crippen LogP contribution is -2.52. The molecule has 2 saturated heterocycles. The summed E-state index contributed by atoms with van der Waals surface area (Å²) >= 11 is 0. The minimum Gasteiger partial charge on any atom is -0.373 e. The summed E-state index contributed by atoms with van der Waals surface area (Å²) in [6.45, 7) is 3.92. The van der Waals surface area contributed by atoms with Crippen molar-refractivity contribution in [3.63, 3.8) is 0 Å². The Morgan fingerprint density at radius 3 is 2.57 bits per heavy atom. The minimum absolute atomic E-state index is 0.106. The van der Waals surface area contributed by atoms with Crippen LogP contribution in [0, 0.1) is 0 Å². The van der Waals surface area contributed by atoms with Crippen LogP contribution in [0.1, 0.15) is 34.8 Å². The number of benzene rings is 1. The zero-order valence-corrected chi connectivity index (χ0v) is 16.3. The van der Waals surface area contributed by atoms with E-state index in [1.54, 1.807) is 25.4 Å². The largest absolute Gasteiger partial charge is 0.373 e. The van der Waals surface area contributed by atoms with E-state index in [4.69, 9.17) is 4.74 Å². The van der Waals surface area contributed by atoms with Gasteiger partial charge in [0.1, 0.15) is 5.56 Å². The van der Waals surface area contributed by atoms with E-state index in [0.29, 0.717) is 13.2 Å². The maximum Gasteiger partial charge on any atom is 0.263 e. The van der Waals surface area contributed by atoms with Gasteiger partial charge < -0.3 is 19.1 Å². The first-order valence-corrected chi connectivity index (χ1v) is 10.0. The van der Waals surface area contributed by atoms with E-state index in [1.165, 1.54) is 17.4 Å². The molecule has 3 heterocycles. The van der Waals surface area contributed by atoms with Gasteiger partial charge in [-0.1, -0.05) is 30.3 Å². The van der Waals surface area contributed by atoms with Gasteiger partial charge in [-0.2, -0.15) is 0 Å². The molecule has 0 unspecified atom stereocenters. The third kappa shape index (κ3) is 3.75. The van der Waals surface area contributed by atoms with Gasteiger partial charge in [-0.05, 0) is 43.6 Å². The summed E-state index contributed by atoms with van der Waals surface area (Å²) in [5.74, 6) is -0.218. The summed E-state index contributed by atoms with van der Waals surface area (Å²) in [6, 6.07) is 13.2. The smallest absolute Gasteiger partial charge is 0.263 e. The predicted molar refractivity (Wildman–Crippen MR) is 107 cm³/mol. The number of aryl methyl sites for hydroxylation is 1. The highest BCUT2D eigenvalue weighted by atomic mass is 16.5. The predicted octanol–water partition coefficient (Wildman–Crippen LogP) is 2.06.